The second-order valence-corrected chi connectivity index (χ2v) is 5.73. The summed E-state index contributed by atoms with van der Waals surface area (Å²) in [4.78, 5) is 16.3. The largest absolute Gasteiger partial charge is 0.497 e. The quantitative estimate of drug-likeness (QED) is 0.827. The Hall–Kier alpha value is -1.79. The highest BCUT2D eigenvalue weighted by molar-refractivity contribution is 5.77. The highest BCUT2D eigenvalue weighted by Crippen LogP contribution is 2.33. The number of benzene rings is 1. The van der Waals surface area contributed by atoms with E-state index in [0.29, 0.717) is 17.1 Å². The van der Waals surface area contributed by atoms with E-state index in [2.05, 4.69) is 11.8 Å². The molecule has 1 aliphatic heterocycles. The minimum absolute atomic E-state index is 0.549. The first-order valence-electron chi connectivity index (χ1n) is 8.01. The molecule has 1 aliphatic rings. The molecule has 0 bridgehead atoms. The van der Waals surface area contributed by atoms with E-state index in [9.17, 15) is 9.90 Å². The first-order chi connectivity index (χ1) is 11.1. The van der Waals surface area contributed by atoms with Gasteiger partial charge in [-0.1, -0.05) is 6.92 Å². The van der Waals surface area contributed by atoms with Crippen LogP contribution in [-0.4, -0.2) is 67.8 Å². The van der Waals surface area contributed by atoms with Crippen molar-refractivity contribution in [2.45, 2.75) is 19.4 Å². The van der Waals surface area contributed by atoms with Crippen LogP contribution in [0.15, 0.2) is 18.2 Å². The zero-order valence-electron chi connectivity index (χ0n) is 14.1. The number of carboxylic acid groups (broad SMARTS) is 1. The summed E-state index contributed by atoms with van der Waals surface area (Å²) >= 11 is 0. The first-order valence-corrected chi connectivity index (χ1v) is 8.01. The molecule has 0 amide bonds. The molecule has 0 spiro atoms. The van der Waals surface area contributed by atoms with Gasteiger partial charge in [-0.05, 0) is 25.1 Å². The number of rotatable bonds is 7. The number of carbonyl (C=O) groups is 1. The standard InChI is InChI=1S/C17H26N2O4/c1-4-7-18-8-10-19(11-9-18)16(17(20)21)14-6-5-13(22-2)12-15(14)23-3/h5-6,12,16H,4,7-11H2,1-3H3,(H,20,21). The molecule has 128 valence electrons. The van der Waals surface area contributed by atoms with Crippen molar-refractivity contribution >= 4 is 5.97 Å². The molecule has 0 aromatic heterocycles. The molecular weight excluding hydrogens is 296 g/mol. The van der Waals surface area contributed by atoms with Gasteiger partial charge in [-0.25, -0.2) is 0 Å². The molecular formula is C17H26N2O4. The summed E-state index contributed by atoms with van der Waals surface area (Å²) < 4.78 is 10.6. The van der Waals surface area contributed by atoms with Gasteiger partial charge in [-0.3, -0.25) is 9.69 Å². The summed E-state index contributed by atoms with van der Waals surface area (Å²) in [7, 11) is 3.13. The van der Waals surface area contributed by atoms with Crippen LogP contribution in [0.1, 0.15) is 24.9 Å². The Bertz CT molecular complexity index is 527. The fourth-order valence-electron chi connectivity index (χ4n) is 3.09. The van der Waals surface area contributed by atoms with E-state index in [1.165, 1.54) is 0 Å². The number of methoxy groups -OCH3 is 2. The van der Waals surface area contributed by atoms with E-state index in [1.54, 1.807) is 32.4 Å². The van der Waals surface area contributed by atoms with Crippen LogP contribution in [0, 0.1) is 0 Å². The summed E-state index contributed by atoms with van der Waals surface area (Å²) in [5, 5.41) is 9.75. The van der Waals surface area contributed by atoms with Crippen molar-refractivity contribution in [3.05, 3.63) is 23.8 Å². The number of piperazine rings is 1. The summed E-state index contributed by atoms with van der Waals surface area (Å²) in [6.45, 7) is 6.51. The summed E-state index contributed by atoms with van der Waals surface area (Å²) in [5.74, 6) is 0.354. The molecule has 1 N–H and O–H groups in total. The molecule has 1 aromatic rings. The maximum absolute atomic E-state index is 11.9. The van der Waals surface area contributed by atoms with Crippen molar-refractivity contribution in [1.82, 2.24) is 9.80 Å². The molecule has 1 heterocycles. The topological polar surface area (TPSA) is 62.2 Å². The van der Waals surface area contributed by atoms with Gasteiger partial charge in [0.2, 0.25) is 0 Å². The molecule has 1 atom stereocenters. The van der Waals surface area contributed by atoms with Crippen LogP contribution in [0.5, 0.6) is 11.5 Å². The van der Waals surface area contributed by atoms with Crippen LogP contribution in [0.4, 0.5) is 0 Å². The van der Waals surface area contributed by atoms with E-state index in [1.807, 2.05) is 4.90 Å². The molecule has 23 heavy (non-hydrogen) atoms. The lowest BCUT2D eigenvalue weighted by atomic mass is 10.0. The minimum Gasteiger partial charge on any atom is -0.497 e. The lowest BCUT2D eigenvalue weighted by molar-refractivity contribution is -0.144. The SMILES string of the molecule is CCCN1CCN(C(C(=O)O)c2ccc(OC)cc2OC)CC1. The minimum atomic E-state index is -0.850. The number of nitrogens with zero attached hydrogens (tertiary/aromatic N) is 2. The second-order valence-electron chi connectivity index (χ2n) is 5.73. The van der Waals surface area contributed by atoms with Crippen LogP contribution in [0.2, 0.25) is 0 Å². The summed E-state index contributed by atoms with van der Waals surface area (Å²) in [5.41, 5.74) is 0.671. The van der Waals surface area contributed by atoms with Crippen molar-refractivity contribution in [1.29, 1.82) is 0 Å². The van der Waals surface area contributed by atoms with Gasteiger partial charge in [0.15, 0.2) is 0 Å². The zero-order chi connectivity index (χ0) is 16.8. The smallest absolute Gasteiger partial charge is 0.325 e. The lowest BCUT2D eigenvalue weighted by Gasteiger charge is -2.38. The Labute approximate surface area is 137 Å². The van der Waals surface area contributed by atoms with E-state index < -0.39 is 12.0 Å². The monoisotopic (exact) mass is 322 g/mol. The molecule has 6 heteroatoms. The van der Waals surface area contributed by atoms with Crippen molar-refractivity contribution in [3.8, 4) is 11.5 Å². The van der Waals surface area contributed by atoms with Gasteiger partial charge in [0.05, 0.1) is 14.2 Å². The third kappa shape index (κ3) is 4.14. The molecule has 0 saturated carbocycles. The molecule has 1 aromatic carbocycles. The highest BCUT2D eigenvalue weighted by Gasteiger charge is 2.32. The van der Waals surface area contributed by atoms with Crippen LogP contribution in [0.3, 0.4) is 0 Å². The van der Waals surface area contributed by atoms with Crippen molar-refractivity contribution in [2.24, 2.45) is 0 Å². The fraction of sp³-hybridized carbons (Fsp3) is 0.588. The van der Waals surface area contributed by atoms with Crippen LogP contribution in [-0.2, 0) is 4.79 Å². The van der Waals surface area contributed by atoms with Crippen molar-refractivity contribution in [2.75, 3.05) is 46.9 Å². The van der Waals surface area contributed by atoms with E-state index in [-0.39, 0.29) is 0 Å². The van der Waals surface area contributed by atoms with Gasteiger partial charge in [0, 0.05) is 37.8 Å². The van der Waals surface area contributed by atoms with Gasteiger partial charge in [0.25, 0.3) is 0 Å². The normalized spacial score (nSPS) is 17.7. The maximum atomic E-state index is 11.9. The molecule has 1 unspecified atom stereocenters. The molecule has 2 rings (SSSR count). The number of aliphatic carboxylic acids is 1. The zero-order valence-corrected chi connectivity index (χ0v) is 14.1. The molecule has 0 aliphatic carbocycles. The van der Waals surface area contributed by atoms with Crippen LogP contribution in [0.25, 0.3) is 0 Å². The van der Waals surface area contributed by atoms with E-state index in [4.69, 9.17) is 9.47 Å². The molecule has 6 nitrogen and oxygen atoms in total. The van der Waals surface area contributed by atoms with E-state index in [0.717, 1.165) is 39.1 Å². The van der Waals surface area contributed by atoms with Crippen LogP contribution < -0.4 is 9.47 Å². The number of ether oxygens (including phenoxy) is 2. The average molecular weight is 322 g/mol. The van der Waals surface area contributed by atoms with Crippen molar-refractivity contribution < 1.29 is 19.4 Å². The second kappa shape index (κ2) is 8.17. The summed E-state index contributed by atoms with van der Waals surface area (Å²) in [6.07, 6.45) is 1.12. The van der Waals surface area contributed by atoms with Gasteiger partial charge in [-0.15, -0.1) is 0 Å². The highest BCUT2D eigenvalue weighted by atomic mass is 16.5. The van der Waals surface area contributed by atoms with Gasteiger partial charge >= 0.3 is 5.97 Å². The molecule has 0 radical (unpaired) electrons. The van der Waals surface area contributed by atoms with Crippen molar-refractivity contribution in [3.63, 3.8) is 0 Å². The van der Waals surface area contributed by atoms with Gasteiger partial charge < -0.3 is 19.5 Å². The predicted molar refractivity (Wildman–Crippen MR) is 88.2 cm³/mol. The Morgan fingerprint density at radius 3 is 2.43 bits per heavy atom. The Balaban J connectivity index is 2.21. The Morgan fingerprint density at radius 1 is 1.22 bits per heavy atom. The Kier molecular flexibility index (Phi) is 6.24. The van der Waals surface area contributed by atoms with Crippen LogP contribution >= 0.6 is 0 Å². The fourth-order valence-corrected chi connectivity index (χ4v) is 3.09. The average Bonchev–Trinajstić information content (AvgIpc) is 2.57. The predicted octanol–water partition coefficient (Wildman–Crippen LogP) is 1.86. The molecule has 1 fully saturated rings. The number of carboxylic acids is 1. The number of hydrogen-bond acceptors (Lipinski definition) is 5. The number of hydrogen-bond donors (Lipinski definition) is 1. The van der Waals surface area contributed by atoms with Gasteiger partial charge in [0.1, 0.15) is 17.5 Å². The first kappa shape index (κ1) is 17.6. The molecule has 1 saturated heterocycles. The Morgan fingerprint density at radius 2 is 1.91 bits per heavy atom. The third-order valence-corrected chi connectivity index (χ3v) is 4.28. The van der Waals surface area contributed by atoms with E-state index >= 15 is 0 Å². The summed E-state index contributed by atoms with van der Waals surface area (Å²) in [6, 6.07) is 4.61. The third-order valence-electron chi connectivity index (χ3n) is 4.28. The maximum Gasteiger partial charge on any atom is 0.325 e. The van der Waals surface area contributed by atoms with Gasteiger partial charge in [-0.2, -0.15) is 0 Å². The lowest BCUT2D eigenvalue weighted by Crippen LogP contribution is -2.49.